The van der Waals surface area contributed by atoms with Crippen LogP contribution in [0.3, 0.4) is 0 Å². The Morgan fingerprint density at radius 1 is 0.511 bits per heavy atom. The van der Waals surface area contributed by atoms with Gasteiger partial charge in [0.1, 0.15) is 0 Å². The van der Waals surface area contributed by atoms with Crippen LogP contribution in [0, 0.1) is 0 Å². The molecule has 0 amide bonds. The van der Waals surface area contributed by atoms with E-state index >= 15 is 0 Å². The normalized spacial score (nSPS) is 13.3. The molecule has 0 radical (unpaired) electrons. The maximum absolute atomic E-state index is 2.48. The molecule has 9 rings (SSSR count). The molecule has 2 heteroatoms. The number of anilines is 3. The zero-order valence-corrected chi connectivity index (χ0v) is 27.0. The Bertz CT molecular complexity index is 2400. The zero-order valence-electron chi connectivity index (χ0n) is 25.3. The van der Waals surface area contributed by atoms with Crippen molar-refractivity contribution in [1.82, 2.24) is 0 Å². The van der Waals surface area contributed by atoms with Crippen molar-refractivity contribution in [1.29, 1.82) is 0 Å². The van der Waals surface area contributed by atoms with E-state index in [-0.39, 0.29) is 19.9 Å². The van der Waals surface area contributed by atoms with Crippen molar-refractivity contribution in [2.24, 2.45) is 0 Å². The fourth-order valence-corrected chi connectivity index (χ4v) is 9.97. The second kappa shape index (κ2) is 10.1. The number of fused-ring (bicyclic) bond motifs is 8. The SMILES string of the molecule is CC1(C)c2ccccc2-c2c(N(c3ccc(-c4ccccc4)cc3)c3ccc4[se]c5c6ccccc6ccc5c4c3)cccc21. The van der Waals surface area contributed by atoms with Crippen LogP contribution in [0.2, 0.25) is 0 Å². The molecule has 214 valence electrons. The fraction of sp³-hybridized carbons (Fsp3) is 0.0698. The number of hydrogen-bond donors (Lipinski definition) is 0. The van der Waals surface area contributed by atoms with Crippen LogP contribution in [0.4, 0.5) is 17.1 Å². The monoisotopic (exact) mass is 641 g/mol. The second-order valence-corrected chi connectivity index (χ2v) is 14.8. The summed E-state index contributed by atoms with van der Waals surface area (Å²) < 4.78 is 2.96. The summed E-state index contributed by atoms with van der Waals surface area (Å²) >= 11 is 0.281. The molecule has 0 unspecified atom stereocenters. The Morgan fingerprint density at radius 2 is 1.22 bits per heavy atom. The van der Waals surface area contributed by atoms with Crippen molar-refractivity contribution in [2.75, 3.05) is 4.90 Å². The van der Waals surface area contributed by atoms with E-state index in [1.807, 2.05) is 0 Å². The first-order chi connectivity index (χ1) is 22.1. The van der Waals surface area contributed by atoms with Gasteiger partial charge in [0.25, 0.3) is 0 Å². The van der Waals surface area contributed by atoms with Crippen LogP contribution in [-0.4, -0.2) is 14.5 Å². The van der Waals surface area contributed by atoms with Crippen molar-refractivity contribution in [2.45, 2.75) is 19.3 Å². The minimum absolute atomic E-state index is 0.0643. The third-order valence-corrected chi connectivity index (χ3v) is 12.2. The van der Waals surface area contributed by atoms with E-state index in [4.69, 9.17) is 0 Å². The van der Waals surface area contributed by atoms with E-state index in [0.717, 1.165) is 5.69 Å². The summed E-state index contributed by atoms with van der Waals surface area (Å²) in [6.45, 7) is 4.72. The maximum atomic E-state index is 2.48. The summed E-state index contributed by atoms with van der Waals surface area (Å²) in [5, 5.41) is 5.47. The molecule has 0 spiro atoms. The first-order valence-corrected chi connectivity index (χ1v) is 17.3. The van der Waals surface area contributed by atoms with Crippen molar-refractivity contribution in [3.05, 3.63) is 163 Å². The molecule has 1 heterocycles. The molecule has 0 saturated heterocycles. The third-order valence-electron chi connectivity index (χ3n) is 9.66. The molecule has 1 nitrogen and oxygen atoms in total. The molecule has 0 bridgehead atoms. The molecule has 7 aromatic carbocycles. The molecule has 0 aliphatic heterocycles. The van der Waals surface area contributed by atoms with Gasteiger partial charge in [0.05, 0.1) is 0 Å². The molecule has 1 aromatic heterocycles. The Hall–Kier alpha value is -4.88. The molecule has 0 N–H and O–H groups in total. The topological polar surface area (TPSA) is 3.24 Å². The van der Waals surface area contributed by atoms with Crippen LogP contribution >= 0.6 is 0 Å². The molecule has 0 fully saturated rings. The van der Waals surface area contributed by atoms with E-state index in [0.29, 0.717) is 0 Å². The van der Waals surface area contributed by atoms with E-state index in [9.17, 15) is 0 Å². The zero-order chi connectivity index (χ0) is 30.1. The third kappa shape index (κ3) is 4.07. The molecular weight excluding hydrogens is 609 g/mol. The molecule has 1 aliphatic carbocycles. The predicted molar refractivity (Wildman–Crippen MR) is 194 cm³/mol. The summed E-state index contributed by atoms with van der Waals surface area (Å²) in [7, 11) is 0. The van der Waals surface area contributed by atoms with Crippen LogP contribution in [0.1, 0.15) is 25.0 Å². The first-order valence-electron chi connectivity index (χ1n) is 15.6. The Labute approximate surface area is 269 Å². The van der Waals surface area contributed by atoms with Crippen LogP contribution in [-0.2, 0) is 5.41 Å². The van der Waals surface area contributed by atoms with Gasteiger partial charge in [-0.1, -0.05) is 6.07 Å². The van der Waals surface area contributed by atoms with Gasteiger partial charge in [0.2, 0.25) is 0 Å². The minimum atomic E-state index is -0.0643. The number of nitrogens with zero attached hydrogens (tertiary/aromatic N) is 1. The first kappa shape index (κ1) is 26.5. The Kier molecular flexibility index (Phi) is 5.94. The van der Waals surface area contributed by atoms with Gasteiger partial charge < -0.3 is 0 Å². The van der Waals surface area contributed by atoms with Gasteiger partial charge in [-0.25, -0.2) is 0 Å². The Balaban J connectivity index is 1.29. The number of rotatable bonds is 4. The van der Waals surface area contributed by atoms with Gasteiger partial charge in [-0.05, 0) is 0 Å². The summed E-state index contributed by atoms with van der Waals surface area (Å²) in [5.74, 6) is 0. The average Bonchev–Trinajstić information content (AvgIpc) is 3.58. The van der Waals surface area contributed by atoms with Crippen molar-refractivity contribution in [3.8, 4) is 22.3 Å². The van der Waals surface area contributed by atoms with Gasteiger partial charge in [0.15, 0.2) is 0 Å². The van der Waals surface area contributed by atoms with Crippen LogP contribution < -0.4 is 4.90 Å². The van der Waals surface area contributed by atoms with Crippen LogP contribution in [0.25, 0.3) is 52.3 Å². The molecule has 0 saturated carbocycles. The van der Waals surface area contributed by atoms with E-state index in [1.165, 1.54) is 74.8 Å². The molecule has 8 aromatic rings. The molecule has 1 aliphatic rings. The van der Waals surface area contributed by atoms with Gasteiger partial charge in [-0.2, -0.15) is 0 Å². The van der Waals surface area contributed by atoms with Crippen molar-refractivity contribution in [3.63, 3.8) is 0 Å². The number of benzene rings is 7. The summed E-state index contributed by atoms with van der Waals surface area (Å²) in [6, 6.07) is 56.2. The standard InChI is InChI=1S/C43H31NSe/c1-43(2)37-16-9-8-15-35(37)41-38(43)17-10-18-39(41)44(31-22-19-29(20-23-31)28-11-4-3-5-12-28)32-24-26-40-36(27-32)34-25-21-30-13-6-7-14-33(30)42(34)45-40/h3-27H,1-2H3. The van der Waals surface area contributed by atoms with Crippen LogP contribution in [0.15, 0.2) is 152 Å². The van der Waals surface area contributed by atoms with Gasteiger partial charge in [-0.15, -0.1) is 0 Å². The molecular formula is C43H31NSe. The van der Waals surface area contributed by atoms with Crippen molar-refractivity contribution >= 4 is 61.6 Å². The Morgan fingerprint density at radius 3 is 2.09 bits per heavy atom. The summed E-state index contributed by atoms with van der Waals surface area (Å²) in [6.07, 6.45) is 0. The summed E-state index contributed by atoms with van der Waals surface area (Å²) in [5.41, 5.74) is 11.4. The predicted octanol–water partition coefficient (Wildman–Crippen LogP) is 11.6. The van der Waals surface area contributed by atoms with Gasteiger partial charge >= 0.3 is 265 Å². The van der Waals surface area contributed by atoms with Crippen molar-refractivity contribution < 1.29 is 0 Å². The number of hydrogen-bond acceptors (Lipinski definition) is 1. The van der Waals surface area contributed by atoms with Gasteiger partial charge in [-0.3, -0.25) is 0 Å². The molecule has 0 atom stereocenters. The second-order valence-electron chi connectivity index (χ2n) is 12.6. The fourth-order valence-electron chi connectivity index (χ4n) is 7.41. The van der Waals surface area contributed by atoms with E-state index in [1.54, 1.807) is 0 Å². The quantitative estimate of drug-likeness (QED) is 0.173. The molecule has 45 heavy (non-hydrogen) atoms. The van der Waals surface area contributed by atoms with Gasteiger partial charge in [0, 0.05) is 0 Å². The van der Waals surface area contributed by atoms with E-state index in [2.05, 4.69) is 170 Å². The van der Waals surface area contributed by atoms with E-state index < -0.39 is 0 Å². The summed E-state index contributed by atoms with van der Waals surface area (Å²) in [4.78, 5) is 2.48. The van der Waals surface area contributed by atoms with Crippen LogP contribution in [0.5, 0.6) is 0 Å². The average molecular weight is 641 g/mol.